The fraction of sp³-hybridized carbons (Fsp3) is 0.800. The third-order valence-corrected chi connectivity index (χ3v) is 4.74. The van der Waals surface area contributed by atoms with Gasteiger partial charge in [0.15, 0.2) is 0 Å². The number of aryl methyl sites for hydroxylation is 1. The van der Waals surface area contributed by atoms with Crippen LogP contribution in [0.15, 0.2) is 12.4 Å². The maximum atomic E-state index is 11.2. The molecule has 24 heavy (non-hydrogen) atoms. The van der Waals surface area contributed by atoms with Crippen LogP contribution in [0.1, 0.15) is 84.4 Å². The van der Waals surface area contributed by atoms with Crippen molar-refractivity contribution >= 4 is 5.97 Å². The molecule has 1 N–H and O–H groups in total. The first-order chi connectivity index (χ1) is 11.6. The molecule has 1 unspecified atom stereocenters. The standard InChI is InChI=1S/C20H36N2O2/c1-4-6-8-9-10-11-12-13-19-21(14-7-5-2)15-16-22(19)17-18(3)20(23)24/h15-16,18H,4-14,17H2,1-3H3/p+1. The fourth-order valence-corrected chi connectivity index (χ4v) is 3.10. The number of carboxylic acids is 1. The highest BCUT2D eigenvalue weighted by atomic mass is 16.4. The number of nitrogens with zero attached hydrogens (tertiary/aromatic N) is 2. The van der Waals surface area contributed by atoms with Crippen molar-refractivity contribution in [2.24, 2.45) is 5.92 Å². The van der Waals surface area contributed by atoms with Gasteiger partial charge < -0.3 is 5.11 Å². The smallest absolute Gasteiger partial charge is 0.310 e. The van der Waals surface area contributed by atoms with Gasteiger partial charge in [-0.2, -0.15) is 0 Å². The molecule has 1 aromatic heterocycles. The molecule has 0 saturated heterocycles. The lowest BCUT2D eigenvalue weighted by atomic mass is 10.1. The highest BCUT2D eigenvalue weighted by molar-refractivity contribution is 5.69. The molecular formula is C20H37N2O2+. The van der Waals surface area contributed by atoms with Gasteiger partial charge in [0.1, 0.15) is 18.9 Å². The van der Waals surface area contributed by atoms with Crippen LogP contribution in [0.3, 0.4) is 0 Å². The molecule has 0 bridgehead atoms. The monoisotopic (exact) mass is 337 g/mol. The van der Waals surface area contributed by atoms with Crippen LogP contribution < -0.4 is 4.57 Å². The molecule has 1 heterocycles. The lowest BCUT2D eigenvalue weighted by Gasteiger charge is -2.08. The Morgan fingerprint density at radius 3 is 2.33 bits per heavy atom. The van der Waals surface area contributed by atoms with Crippen LogP contribution in [-0.4, -0.2) is 15.6 Å². The zero-order chi connectivity index (χ0) is 17.8. The van der Waals surface area contributed by atoms with Crippen molar-refractivity contribution in [3.8, 4) is 0 Å². The second kappa shape index (κ2) is 12.1. The SMILES string of the molecule is CCCCCCCCCc1n(CCCC)cc[n+]1CC(C)C(=O)O. The third-order valence-electron chi connectivity index (χ3n) is 4.74. The van der Waals surface area contributed by atoms with Crippen LogP contribution in [0.4, 0.5) is 0 Å². The number of rotatable bonds is 14. The molecule has 1 aromatic rings. The first kappa shape index (κ1) is 20.7. The van der Waals surface area contributed by atoms with E-state index in [0.29, 0.717) is 6.54 Å². The summed E-state index contributed by atoms with van der Waals surface area (Å²) in [5, 5.41) is 9.18. The van der Waals surface area contributed by atoms with Crippen molar-refractivity contribution in [2.75, 3.05) is 0 Å². The topological polar surface area (TPSA) is 46.1 Å². The van der Waals surface area contributed by atoms with Gasteiger partial charge in [-0.15, -0.1) is 0 Å². The van der Waals surface area contributed by atoms with E-state index in [1.165, 1.54) is 63.6 Å². The molecule has 0 aliphatic heterocycles. The van der Waals surface area contributed by atoms with Crippen LogP contribution in [0.2, 0.25) is 0 Å². The Bertz CT molecular complexity index is 468. The first-order valence-electron chi connectivity index (χ1n) is 9.90. The zero-order valence-corrected chi connectivity index (χ0v) is 16.0. The van der Waals surface area contributed by atoms with E-state index >= 15 is 0 Å². The summed E-state index contributed by atoms with van der Waals surface area (Å²) < 4.78 is 4.49. The Balaban J connectivity index is 2.56. The van der Waals surface area contributed by atoms with Gasteiger partial charge in [-0.1, -0.05) is 58.8 Å². The van der Waals surface area contributed by atoms with Gasteiger partial charge in [0.25, 0.3) is 5.82 Å². The number of hydrogen-bond acceptors (Lipinski definition) is 1. The maximum Gasteiger partial charge on any atom is 0.310 e. The molecule has 4 nitrogen and oxygen atoms in total. The van der Waals surface area contributed by atoms with Crippen molar-refractivity contribution in [1.82, 2.24) is 4.57 Å². The maximum absolute atomic E-state index is 11.2. The fourth-order valence-electron chi connectivity index (χ4n) is 3.10. The number of aliphatic carboxylic acids is 1. The summed E-state index contributed by atoms with van der Waals surface area (Å²) in [6, 6.07) is 0. The van der Waals surface area contributed by atoms with Crippen LogP contribution in [0.25, 0.3) is 0 Å². The number of carboxylic acid groups (broad SMARTS) is 1. The van der Waals surface area contributed by atoms with Crippen LogP contribution in [0, 0.1) is 5.92 Å². The second-order valence-electron chi connectivity index (χ2n) is 7.02. The molecular weight excluding hydrogens is 300 g/mol. The first-order valence-corrected chi connectivity index (χ1v) is 9.90. The van der Waals surface area contributed by atoms with Crippen molar-refractivity contribution in [2.45, 2.75) is 98.1 Å². The van der Waals surface area contributed by atoms with Crippen molar-refractivity contribution in [3.63, 3.8) is 0 Å². The Hall–Kier alpha value is -1.32. The number of carbonyl (C=O) groups is 1. The van der Waals surface area contributed by atoms with Gasteiger partial charge in [0.05, 0.1) is 12.5 Å². The third kappa shape index (κ3) is 7.50. The average molecular weight is 338 g/mol. The highest BCUT2D eigenvalue weighted by Crippen LogP contribution is 2.11. The van der Waals surface area contributed by atoms with E-state index in [9.17, 15) is 9.90 Å². The molecule has 1 atom stereocenters. The van der Waals surface area contributed by atoms with E-state index in [1.807, 2.05) is 0 Å². The minimum absolute atomic E-state index is 0.343. The lowest BCUT2D eigenvalue weighted by Crippen LogP contribution is -2.42. The molecule has 0 amide bonds. The van der Waals surface area contributed by atoms with Gasteiger partial charge in [0.2, 0.25) is 0 Å². The second-order valence-corrected chi connectivity index (χ2v) is 7.02. The van der Waals surface area contributed by atoms with E-state index in [4.69, 9.17) is 0 Å². The molecule has 1 rings (SSSR count). The summed E-state index contributed by atoms with van der Waals surface area (Å²) in [7, 11) is 0. The molecule has 0 spiro atoms. The molecule has 0 fully saturated rings. The van der Waals surface area contributed by atoms with Crippen molar-refractivity contribution < 1.29 is 14.5 Å². The highest BCUT2D eigenvalue weighted by Gasteiger charge is 2.21. The average Bonchev–Trinajstić information content (AvgIpc) is 2.93. The van der Waals surface area contributed by atoms with Gasteiger partial charge in [0, 0.05) is 6.42 Å². The predicted molar refractivity (Wildman–Crippen MR) is 98.0 cm³/mol. The summed E-state index contributed by atoms with van der Waals surface area (Å²) in [5.74, 6) is 0.237. The van der Waals surface area contributed by atoms with E-state index in [-0.39, 0.29) is 5.92 Å². The molecule has 0 aliphatic carbocycles. The predicted octanol–water partition coefficient (Wildman–Crippen LogP) is 4.59. The van der Waals surface area contributed by atoms with Gasteiger partial charge in [-0.25, -0.2) is 9.13 Å². The van der Waals surface area contributed by atoms with E-state index in [2.05, 4.69) is 35.4 Å². The number of hydrogen-bond donors (Lipinski definition) is 1. The van der Waals surface area contributed by atoms with Gasteiger partial charge in [-0.3, -0.25) is 4.79 Å². The molecule has 0 aromatic carbocycles. The van der Waals surface area contributed by atoms with Crippen molar-refractivity contribution in [1.29, 1.82) is 0 Å². The number of imidazole rings is 1. The molecule has 138 valence electrons. The Morgan fingerprint density at radius 1 is 1.08 bits per heavy atom. The molecule has 0 saturated carbocycles. The van der Waals surface area contributed by atoms with Crippen LogP contribution in [0.5, 0.6) is 0 Å². The minimum Gasteiger partial charge on any atom is -0.481 e. The number of unbranched alkanes of at least 4 members (excludes halogenated alkanes) is 7. The summed E-state index contributed by atoms with van der Waals surface area (Å²) in [5.41, 5.74) is 0. The zero-order valence-electron chi connectivity index (χ0n) is 16.0. The number of aromatic nitrogens is 2. The van der Waals surface area contributed by atoms with Crippen LogP contribution in [-0.2, 0) is 24.3 Å². The van der Waals surface area contributed by atoms with E-state index in [0.717, 1.165) is 13.0 Å². The minimum atomic E-state index is -0.717. The van der Waals surface area contributed by atoms with E-state index in [1.54, 1.807) is 6.92 Å². The summed E-state index contributed by atoms with van der Waals surface area (Å²) in [4.78, 5) is 11.2. The Labute approximate surface area is 147 Å². The normalized spacial score (nSPS) is 12.5. The molecule has 0 radical (unpaired) electrons. The summed E-state index contributed by atoms with van der Waals surface area (Å²) >= 11 is 0. The van der Waals surface area contributed by atoms with E-state index < -0.39 is 5.97 Å². The summed E-state index contributed by atoms with van der Waals surface area (Å²) in [6.07, 6.45) is 16.7. The molecule has 4 heteroatoms. The Kier molecular flexibility index (Phi) is 10.4. The van der Waals surface area contributed by atoms with Gasteiger partial charge >= 0.3 is 5.97 Å². The lowest BCUT2D eigenvalue weighted by molar-refractivity contribution is -0.707. The van der Waals surface area contributed by atoms with Crippen molar-refractivity contribution in [3.05, 3.63) is 18.2 Å². The van der Waals surface area contributed by atoms with Gasteiger partial charge in [-0.05, 0) is 19.8 Å². The van der Waals surface area contributed by atoms with Crippen LogP contribution >= 0.6 is 0 Å². The summed E-state index contributed by atoms with van der Waals surface area (Å²) in [6.45, 7) is 7.86. The quantitative estimate of drug-likeness (QED) is 0.399. The molecule has 0 aliphatic rings. The Morgan fingerprint density at radius 2 is 1.71 bits per heavy atom. The largest absolute Gasteiger partial charge is 0.481 e.